The van der Waals surface area contributed by atoms with Crippen LogP contribution in [0.4, 0.5) is 5.69 Å². The molecule has 0 aromatic carbocycles. The molecule has 0 aliphatic carbocycles. The van der Waals surface area contributed by atoms with Gasteiger partial charge in [0.05, 0.1) is 22.8 Å². The second-order valence-electron chi connectivity index (χ2n) is 3.17. The van der Waals surface area contributed by atoms with Crippen LogP contribution in [-0.2, 0) is 4.74 Å². The molecule has 0 radical (unpaired) electrons. The molecule has 18 heavy (non-hydrogen) atoms. The number of hydrazone groups is 1. The molecule has 2 aromatic rings. The van der Waals surface area contributed by atoms with Crippen LogP contribution < -0.4 is 5.43 Å². The van der Waals surface area contributed by atoms with Crippen molar-refractivity contribution in [2.45, 2.75) is 0 Å². The minimum Gasteiger partial charge on any atom is -0.465 e. The number of methoxy groups -OCH3 is 1. The van der Waals surface area contributed by atoms with Crippen molar-refractivity contribution in [1.29, 1.82) is 0 Å². The summed E-state index contributed by atoms with van der Waals surface area (Å²) in [5.74, 6) is -0.360. The Kier molecular flexibility index (Phi) is 4.51. The lowest BCUT2D eigenvalue weighted by atomic mass is 10.4. The van der Waals surface area contributed by atoms with Gasteiger partial charge in [-0.1, -0.05) is 0 Å². The SMILES string of the molecule is COC(=O)c1sccc1N/N=C/c1ccc(Br)s1. The van der Waals surface area contributed by atoms with Gasteiger partial charge in [-0.05, 0) is 39.5 Å². The Bertz CT molecular complexity index is 577. The molecule has 0 saturated carbocycles. The summed E-state index contributed by atoms with van der Waals surface area (Å²) < 4.78 is 5.73. The van der Waals surface area contributed by atoms with Crippen molar-refractivity contribution in [3.63, 3.8) is 0 Å². The molecule has 0 atom stereocenters. The number of carbonyl (C=O) groups is 1. The summed E-state index contributed by atoms with van der Waals surface area (Å²) in [7, 11) is 1.36. The van der Waals surface area contributed by atoms with Crippen LogP contribution in [0.25, 0.3) is 0 Å². The normalized spacial score (nSPS) is 10.8. The van der Waals surface area contributed by atoms with Gasteiger partial charge in [-0.3, -0.25) is 5.43 Å². The van der Waals surface area contributed by atoms with E-state index in [-0.39, 0.29) is 5.97 Å². The van der Waals surface area contributed by atoms with Crippen molar-refractivity contribution in [2.24, 2.45) is 5.10 Å². The number of rotatable bonds is 4. The maximum absolute atomic E-state index is 11.4. The zero-order valence-corrected chi connectivity index (χ0v) is 12.6. The first kappa shape index (κ1) is 13.3. The summed E-state index contributed by atoms with van der Waals surface area (Å²) in [6, 6.07) is 5.70. The lowest BCUT2D eigenvalue weighted by Gasteiger charge is -2.00. The third kappa shape index (κ3) is 3.18. The molecule has 0 spiro atoms. The highest BCUT2D eigenvalue weighted by Crippen LogP contribution is 2.23. The molecule has 0 aliphatic heterocycles. The van der Waals surface area contributed by atoms with E-state index in [1.165, 1.54) is 18.4 Å². The van der Waals surface area contributed by atoms with Crippen molar-refractivity contribution >= 4 is 56.5 Å². The van der Waals surface area contributed by atoms with Crippen LogP contribution in [0.15, 0.2) is 32.5 Å². The highest BCUT2D eigenvalue weighted by Gasteiger charge is 2.12. The van der Waals surface area contributed by atoms with Gasteiger partial charge in [-0.15, -0.1) is 22.7 Å². The Hall–Kier alpha value is -1.18. The summed E-state index contributed by atoms with van der Waals surface area (Å²) in [5, 5.41) is 5.90. The van der Waals surface area contributed by atoms with Crippen LogP contribution in [0.3, 0.4) is 0 Å². The first-order valence-electron chi connectivity index (χ1n) is 4.91. The van der Waals surface area contributed by atoms with Gasteiger partial charge in [-0.2, -0.15) is 5.10 Å². The number of carbonyl (C=O) groups excluding carboxylic acids is 1. The lowest BCUT2D eigenvalue weighted by Crippen LogP contribution is -2.01. The smallest absolute Gasteiger partial charge is 0.350 e. The Morgan fingerprint density at radius 3 is 3.00 bits per heavy atom. The number of halogens is 1. The number of nitrogens with zero attached hydrogens (tertiary/aromatic N) is 1. The number of thiophene rings is 2. The number of hydrogen-bond donors (Lipinski definition) is 1. The van der Waals surface area contributed by atoms with Crippen LogP contribution in [0, 0.1) is 0 Å². The minimum absolute atomic E-state index is 0.360. The van der Waals surface area contributed by atoms with Gasteiger partial charge in [0.15, 0.2) is 0 Å². The Morgan fingerprint density at radius 1 is 1.50 bits per heavy atom. The molecular formula is C11H9BrN2O2S2. The Labute approximate surface area is 120 Å². The number of hydrogen-bond acceptors (Lipinski definition) is 6. The van der Waals surface area contributed by atoms with Crippen LogP contribution in [0.5, 0.6) is 0 Å². The van der Waals surface area contributed by atoms with E-state index in [9.17, 15) is 4.79 Å². The number of esters is 1. The van der Waals surface area contributed by atoms with Gasteiger partial charge in [0.25, 0.3) is 0 Å². The van der Waals surface area contributed by atoms with Gasteiger partial charge in [0.2, 0.25) is 0 Å². The largest absolute Gasteiger partial charge is 0.465 e. The lowest BCUT2D eigenvalue weighted by molar-refractivity contribution is 0.0607. The van der Waals surface area contributed by atoms with Gasteiger partial charge in [-0.25, -0.2) is 4.79 Å². The Balaban J connectivity index is 2.04. The predicted molar refractivity (Wildman–Crippen MR) is 78.9 cm³/mol. The van der Waals surface area contributed by atoms with E-state index in [1.807, 2.05) is 17.5 Å². The average molecular weight is 345 g/mol. The second kappa shape index (κ2) is 6.12. The maximum Gasteiger partial charge on any atom is 0.350 e. The fraction of sp³-hybridized carbons (Fsp3) is 0.0909. The number of nitrogens with one attached hydrogen (secondary N) is 1. The molecule has 2 rings (SSSR count). The highest BCUT2D eigenvalue weighted by molar-refractivity contribution is 9.11. The monoisotopic (exact) mass is 344 g/mol. The van der Waals surface area contributed by atoms with Gasteiger partial charge < -0.3 is 4.74 Å². The van der Waals surface area contributed by atoms with Crippen LogP contribution in [0.1, 0.15) is 14.5 Å². The molecule has 7 heteroatoms. The fourth-order valence-electron chi connectivity index (χ4n) is 1.21. The van der Waals surface area contributed by atoms with Crippen LogP contribution in [-0.4, -0.2) is 19.3 Å². The maximum atomic E-state index is 11.4. The molecule has 0 bridgehead atoms. The molecule has 1 N–H and O–H groups in total. The van der Waals surface area contributed by atoms with E-state index < -0.39 is 0 Å². The fourth-order valence-corrected chi connectivity index (χ4v) is 3.27. The molecular weight excluding hydrogens is 336 g/mol. The first-order chi connectivity index (χ1) is 8.70. The Morgan fingerprint density at radius 2 is 2.33 bits per heavy atom. The van der Waals surface area contributed by atoms with Crippen molar-refractivity contribution in [3.05, 3.63) is 37.1 Å². The standard InChI is InChI=1S/C11H9BrN2O2S2/c1-16-11(15)10-8(4-5-17-10)14-13-6-7-2-3-9(12)18-7/h2-6,14H,1H3/b13-6+. The summed E-state index contributed by atoms with van der Waals surface area (Å²) >= 11 is 6.27. The summed E-state index contributed by atoms with van der Waals surface area (Å²) in [6.45, 7) is 0. The van der Waals surface area contributed by atoms with Crippen molar-refractivity contribution in [2.75, 3.05) is 12.5 Å². The number of ether oxygens (including phenoxy) is 1. The molecule has 0 fully saturated rings. The van der Waals surface area contributed by atoms with Gasteiger partial charge in [0, 0.05) is 4.88 Å². The first-order valence-corrected chi connectivity index (χ1v) is 7.40. The van der Waals surface area contributed by atoms with E-state index >= 15 is 0 Å². The van der Waals surface area contributed by atoms with Crippen LogP contribution >= 0.6 is 38.6 Å². The summed E-state index contributed by atoms with van der Waals surface area (Å²) in [6.07, 6.45) is 1.70. The van der Waals surface area contributed by atoms with Crippen molar-refractivity contribution < 1.29 is 9.53 Å². The zero-order chi connectivity index (χ0) is 13.0. The van der Waals surface area contributed by atoms with Crippen LogP contribution in [0.2, 0.25) is 0 Å². The molecule has 0 aliphatic rings. The average Bonchev–Trinajstić information content (AvgIpc) is 2.98. The topological polar surface area (TPSA) is 50.7 Å². The van der Waals surface area contributed by atoms with Crippen molar-refractivity contribution in [1.82, 2.24) is 0 Å². The zero-order valence-electron chi connectivity index (χ0n) is 9.34. The molecule has 0 saturated heterocycles. The van der Waals surface area contributed by atoms with E-state index in [2.05, 4.69) is 31.2 Å². The summed E-state index contributed by atoms with van der Waals surface area (Å²) in [5.41, 5.74) is 3.49. The number of anilines is 1. The molecule has 0 amide bonds. The van der Waals surface area contributed by atoms with Gasteiger partial charge in [0.1, 0.15) is 4.88 Å². The van der Waals surface area contributed by atoms with Gasteiger partial charge >= 0.3 is 5.97 Å². The highest BCUT2D eigenvalue weighted by atomic mass is 79.9. The van der Waals surface area contributed by atoms with E-state index in [1.54, 1.807) is 23.6 Å². The summed E-state index contributed by atoms with van der Waals surface area (Å²) in [4.78, 5) is 13.0. The second-order valence-corrected chi connectivity index (χ2v) is 6.58. The van der Waals surface area contributed by atoms with E-state index in [0.717, 1.165) is 8.66 Å². The predicted octanol–water partition coefficient (Wildman–Crippen LogP) is 3.80. The third-order valence-electron chi connectivity index (χ3n) is 2.01. The molecule has 2 aromatic heterocycles. The quantitative estimate of drug-likeness (QED) is 0.521. The van der Waals surface area contributed by atoms with Crippen molar-refractivity contribution in [3.8, 4) is 0 Å². The van der Waals surface area contributed by atoms with E-state index in [0.29, 0.717) is 10.6 Å². The molecule has 94 valence electrons. The molecule has 2 heterocycles. The minimum atomic E-state index is -0.360. The third-order valence-corrected chi connectivity index (χ3v) is 4.46. The molecule has 0 unspecified atom stereocenters. The molecule has 4 nitrogen and oxygen atoms in total. The van der Waals surface area contributed by atoms with E-state index in [4.69, 9.17) is 0 Å².